The van der Waals surface area contributed by atoms with Crippen molar-refractivity contribution in [1.82, 2.24) is 9.80 Å². The summed E-state index contributed by atoms with van der Waals surface area (Å²) in [7, 11) is 2.10. The van der Waals surface area contributed by atoms with E-state index in [9.17, 15) is 4.79 Å². The molecule has 1 saturated heterocycles. The van der Waals surface area contributed by atoms with Gasteiger partial charge in [0.05, 0.1) is 0 Å². The van der Waals surface area contributed by atoms with Gasteiger partial charge in [-0.1, -0.05) is 18.2 Å². The van der Waals surface area contributed by atoms with Crippen LogP contribution in [0.4, 0.5) is 10.5 Å². The van der Waals surface area contributed by atoms with Crippen molar-refractivity contribution in [3.8, 4) is 0 Å². The van der Waals surface area contributed by atoms with Gasteiger partial charge in [-0.2, -0.15) is 0 Å². The van der Waals surface area contributed by atoms with E-state index in [-0.39, 0.29) is 12.6 Å². The topological polar surface area (TPSA) is 55.8 Å². The molecule has 0 bridgehead atoms. The fourth-order valence-electron chi connectivity index (χ4n) is 2.74. The van der Waals surface area contributed by atoms with E-state index in [1.807, 2.05) is 35.2 Å². The molecule has 0 aromatic heterocycles. The zero-order chi connectivity index (χ0) is 15.1. The molecule has 116 valence electrons. The molecule has 1 heterocycles. The van der Waals surface area contributed by atoms with Gasteiger partial charge >= 0.3 is 6.03 Å². The summed E-state index contributed by atoms with van der Waals surface area (Å²) in [4.78, 5) is 16.4. The number of likely N-dealkylation sites (tertiary alicyclic amines) is 1. The van der Waals surface area contributed by atoms with Crippen LogP contribution in [0.3, 0.4) is 0 Å². The molecule has 0 atom stereocenters. The molecule has 2 amide bonds. The first-order chi connectivity index (χ1) is 10.2. The fourth-order valence-corrected chi connectivity index (χ4v) is 2.74. The Morgan fingerprint density at radius 3 is 2.62 bits per heavy atom. The molecule has 1 aromatic rings. The maximum atomic E-state index is 12.2. The maximum absolute atomic E-state index is 12.2. The molecule has 1 aliphatic rings. The van der Waals surface area contributed by atoms with Gasteiger partial charge < -0.3 is 20.2 Å². The molecule has 1 aromatic carbocycles. The number of rotatable bonds is 5. The van der Waals surface area contributed by atoms with Crippen molar-refractivity contribution in [3.63, 3.8) is 0 Å². The SMILES string of the molecule is CN(CCCO)C1CCN(C(=O)Nc2ccccc2)CC1. The van der Waals surface area contributed by atoms with Crippen LogP contribution in [-0.2, 0) is 0 Å². The summed E-state index contributed by atoms with van der Waals surface area (Å²) in [5.74, 6) is 0. The summed E-state index contributed by atoms with van der Waals surface area (Å²) in [6.45, 7) is 2.72. The van der Waals surface area contributed by atoms with Crippen molar-refractivity contribution < 1.29 is 9.90 Å². The van der Waals surface area contributed by atoms with Crippen LogP contribution in [0.5, 0.6) is 0 Å². The average Bonchev–Trinajstić information content (AvgIpc) is 2.53. The molecule has 2 rings (SSSR count). The van der Waals surface area contributed by atoms with Crippen LogP contribution < -0.4 is 5.32 Å². The minimum atomic E-state index is -0.0161. The van der Waals surface area contributed by atoms with E-state index in [0.29, 0.717) is 6.04 Å². The van der Waals surface area contributed by atoms with Gasteiger partial charge in [0, 0.05) is 38.0 Å². The number of anilines is 1. The molecule has 5 nitrogen and oxygen atoms in total. The lowest BCUT2D eigenvalue weighted by Crippen LogP contribution is -2.47. The average molecular weight is 291 g/mol. The lowest BCUT2D eigenvalue weighted by atomic mass is 10.0. The van der Waals surface area contributed by atoms with Crippen molar-refractivity contribution in [2.24, 2.45) is 0 Å². The Kier molecular flexibility index (Phi) is 6.02. The number of nitrogens with one attached hydrogen (secondary N) is 1. The number of hydrogen-bond acceptors (Lipinski definition) is 3. The third-order valence-electron chi connectivity index (χ3n) is 4.07. The van der Waals surface area contributed by atoms with Crippen LogP contribution >= 0.6 is 0 Å². The second kappa shape index (κ2) is 8.00. The number of piperidine rings is 1. The number of aliphatic hydroxyl groups excluding tert-OH is 1. The monoisotopic (exact) mass is 291 g/mol. The van der Waals surface area contributed by atoms with E-state index in [0.717, 1.165) is 44.6 Å². The van der Waals surface area contributed by atoms with E-state index >= 15 is 0 Å². The predicted octanol–water partition coefficient (Wildman–Crippen LogP) is 2.00. The Morgan fingerprint density at radius 1 is 1.33 bits per heavy atom. The number of carbonyl (C=O) groups is 1. The van der Waals surface area contributed by atoms with Crippen molar-refractivity contribution >= 4 is 11.7 Å². The van der Waals surface area contributed by atoms with Crippen molar-refractivity contribution in [2.75, 3.05) is 38.6 Å². The zero-order valence-electron chi connectivity index (χ0n) is 12.7. The summed E-state index contributed by atoms with van der Waals surface area (Å²) in [6.07, 6.45) is 2.79. The first-order valence-electron chi connectivity index (χ1n) is 7.63. The molecule has 0 saturated carbocycles. The molecule has 2 N–H and O–H groups in total. The van der Waals surface area contributed by atoms with Gasteiger partial charge in [-0.15, -0.1) is 0 Å². The second-order valence-corrected chi connectivity index (χ2v) is 5.57. The van der Waals surface area contributed by atoms with E-state index in [2.05, 4.69) is 17.3 Å². The van der Waals surface area contributed by atoms with Crippen LogP contribution in [0.2, 0.25) is 0 Å². The molecule has 0 unspecified atom stereocenters. The van der Waals surface area contributed by atoms with Gasteiger partial charge in [0.2, 0.25) is 0 Å². The number of aliphatic hydroxyl groups is 1. The smallest absolute Gasteiger partial charge is 0.321 e. The predicted molar refractivity (Wildman–Crippen MR) is 84.4 cm³/mol. The number of benzene rings is 1. The van der Waals surface area contributed by atoms with Crippen LogP contribution in [0.1, 0.15) is 19.3 Å². The van der Waals surface area contributed by atoms with Crippen molar-refractivity contribution in [1.29, 1.82) is 0 Å². The Morgan fingerprint density at radius 2 is 2.00 bits per heavy atom. The van der Waals surface area contributed by atoms with E-state index < -0.39 is 0 Å². The van der Waals surface area contributed by atoms with E-state index in [1.165, 1.54) is 0 Å². The molecule has 0 aliphatic carbocycles. The highest BCUT2D eigenvalue weighted by molar-refractivity contribution is 5.89. The maximum Gasteiger partial charge on any atom is 0.321 e. The molecule has 1 aliphatic heterocycles. The first kappa shape index (κ1) is 15.8. The molecule has 1 fully saturated rings. The van der Waals surface area contributed by atoms with Gasteiger partial charge in [0.1, 0.15) is 0 Å². The Hall–Kier alpha value is -1.59. The quantitative estimate of drug-likeness (QED) is 0.872. The Bertz CT molecular complexity index is 430. The van der Waals surface area contributed by atoms with E-state index in [4.69, 9.17) is 5.11 Å². The van der Waals surface area contributed by atoms with Crippen LogP contribution in [0.25, 0.3) is 0 Å². The Balaban J connectivity index is 1.77. The van der Waals surface area contributed by atoms with Gasteiger partial charge in [-0.3, -0.25) is 0 Å². The van der Waals surface area contributed by atoms with Crippen LogP contribution in [0, 0.1) is 0 Å². The van der Waals surface area contributed by atoms with Gasteiger partial charge in [-0.05, 0) is 38.4 Å². The van der Waals surface area contributed by atoms with Crippen molar-refractivity contribution in [3.05, 3.63) is 30.3 Å². The Labute approximate surface area is 126 Å². The number of carbonyl (C=O) groups excluding carboxylic acids is 1. The van der Waals surface area contributed by atoms with Gasteiger partial charge in [-0.25, -0.2) is 4.79 Å². The van der Waals surface area contributed by atoms with Crippen LogP contribution in [0.15, 0.2) is 30.3 Å². The normalized spacial score (nSPS) is 16.2. The standard InChI is InChI=1S/C16H25N3O2/c1-18(10-5-13-20)15-8-11-19(12-9-15)16(21)17-14-6-3-2-4-7-14/h2-4,6-7,15,20H,5,8-13H2,1H3,(H,17,21). The first-order valence-corrected chi connectivity index (χ1v) is 7.63. The number of urea groups is 1. The summed E-state index contributed by atoms with van der Waals surface area (Å²) in [5.41, 5.74) is 0.838. The largest absolute Gasteiger partial charge is 0.396 e. The second-order valence-electron chi connectivity index (χ2n) is 5.57. The highest BCUT2D eigenvalue weighted by Gasteiger charge is 2.24. The molecular weight excluding hydrogens is 266 g/mol. The van der Waals surface area contributed by atoms with Gasteiger partial charge in [0.25, 0.3) is 0 Å². The summed E-state index contributed by atoms with van der Waals surface area (Å²) < 4.78 is 0. The molecule has 21 heavy (non-hydrogen) atoms. The number of amides is 2. The molecule has 0 radical (unpaired) electrons. The minimum absolute atomic E-state index is 0.0161. The summed E-state index contributed by atoms with van der Waals surface area (Å²) >= 11 is 0. The molecular formula is C16H25N3O2. The number of nitrogens with zero attached hydrogens (tertiary/aromatic N) is 2. The molecule has 5 heteroatoms. The third kappa shape index (κ3) is 4.72. The number of hydrogen-bond donors (Lipinski definition) is 2. The van der Waals surface area contributed by atoms with Crippen molar-refractivity contribution in [2.45, 2.75) is 25.3 Å². The van der Waals surface area contributed by atoms with Gasteiger partial charge in [0.15, 0.2) is 0 Å². The summed E-state index contributed by atoms with van der Waals surface area (Å²) in [5, 5.41) is 11.8. The van der Waals surface area contributed by atoms with Crippen LogP contribution in [-0.4, -0.2) is 60.3 Å². The zero-order valence-corrected chi connectivity index (χ0v) is 12.7. The highest BCUT2D eigenvalue weighted by atomic mass is 16.3. The highest BCUT2D eigenvalue weighted by Crippen LogP contribution is 2.17. The third-order valence-corrected chi connectivity index (χ3v) is 4.07. The number of para-hydroxylation sites is 1. The lowest BCUT2D eigenvalue weighted by Gasteiger charge is -2.36. The fraction of sp³-hybridized carbons (Fsp3) is 0.562. The summed E-state index contributed by atoms with van der Waals surface area (Å²) in [6, 6.07) is 10.1. The minimum Gasteiger partial charge on any atom is -0.396 e. The van der Waals surface area contributed by atoms with E-state index in [1.54, 1.807) is 0 Å². The lowest BCUT2D eigenvalue weighted by molar-refractivity contribution is 0.134. The molecule has 0 spiro atoms.